The fourth-order valence-electron chi connectivity index (χ4n) is 3.13. The van der Waals surface area contributed by atoms with Crippen molar-refractivity contribution in [1.29, 1.82) is 0 Å². The van der Waals surface area contributed by atoms with Gasteiger partial charge >= 0.3 is 11.9 Å². The Morgan fingerprint density at radius 2 is 1.18 bits per heavy atom. The Labute approximate surface area is 164 Å². The molecule has 0 aromatic heterocycles. The molecule has 0 amide bonds. The van der Waals surface area contributed by atoms with Crippen molar-refractivity contribution in [2.24, 2.45) is 0 Å². The van der Waals surface area contributed by atoms with Gasteiger partial charge in [0.25, 0.3) is 0 Å². The quantitative estimate of drug-likeness (QED) is 0.540. The summed E-state index contributed by atoms with van der Waals surface area (Å²) in [7, 11) is 0. The van der Waals surface area contributed by atoms with Gasteiger partial charge in [-0.25, -0.2) is 9.59 Å². The zero-order valence-electron chi connectivity index (χ0n) is 16.1. The normalized spacial score (nSPS) is 19.1. The molecular formula is C22H24O6. The van der Waals surface area contributed by atoms with Crippen LogP contribution in [0.4, 0.5) is 0 Å². The van der Waals surface area contributed by atoms with Crippen LogP contribution in [0.25, 0.3) is 0 Å². The molecule has 0 aliphatic heterocycles. The fraction of sp³-hybridized carbons (Fsp3) is 0.364. The minimum Gasteiger partial charge on any atom is -0.292 e. The summed E-state index contributed by atoms with van der Waals surface area (Å²) in [4.78, 5) is 45.0. The first-order valence-corrected chi connectivity index (χ1v) is 9.41. The standard InChI is InChI=1S/C22H24O6/c1-15-7-5-9-17(13-15)21(23)27-25-19-11-3-4-12-20(19)26-28-22(24)18-10-6-8-16(2)14-18/h5-10,13-14,19-20H,3-4,11-12H2,1-2H3. The zero-order chi connectivity index (χ0) is 19.9. The molecule has 1 aliphatic carbocycles. The third kappa shape index (κ3) is 5.41. The topological polar surface area (TPSA) is 71.1 Å². The summed E-state index contributed by atoms with van der Waals surface area (Å²) in [6.07, 6.45) is 2.14. The average Bonchev–Trinajstić information content (AvgIpc) is 2.70. The van der Waals surface area contributed by atoms with Gasteiger partial charge in [-0.1, -0.05) is 48.2 Å². The zero-order valence-corrected chi connectivity index (χ0v) is 16.1. The van der Waals surface area contributed by atoms with Crippen molar-refractivity contribution in [3.05, 3.63) is 70.8 Å². The molecule has 0 saturated heterocycles. The predicted molar refractivity (Wildman–Crippen MR) is 101 cm³/mol. The first kappa shape index (κ1) is 20.0. The van der Waals surface area contributed by atoms with Crippen LogP contribution in [-0.2, 0) is 19.6 Å². The second-order valence-corrected chi connectivity index (χ2v) is 7.03. The summed E-state index contributed by atoms with van der Waals surface area (Å²) in [6.45, 7) is 3.79. The lowest BCUT2D eigenvalue weighted by molar-refractivity contribution is -0.352. The third-order valence-electron chi connectivity index (χ3n) is 4.64. The molecule has 28 heavy (non-hydrogen) atoms. The van der Waals surface area contributed by atoms with Crippen molar-refractivity contribution < 1.29 is 29.1 Å². The van der Waals surface area contributed by atoms with Crippen LogP contribution in [0, 0.1) is 13.8 Å². The van der Waals surface area contributed by atoms with Crippen molar-refractivity contribution in [3.8, 4) is 0 Å². The molecule has 1 aliphatic rings. The number of aryl methyl sites for hydroxylation is 2. The predicted octanol–water partition coefficient (Wildman–Crippen LogP) is 4.49. The summed E-state index contributed by atoms with van der Waals surface area (Å²) in [5.41, 5.74) is 2.74. The van der Waals surface area contributed by atoms with Gasteiger partial charge in [-0.15, -0.1) is 0 Å². The lowest BCUT2D eigenvalue weighted by atomic mass is 9.95. The van der Waals surface area contributed by atoms with E-state index in [0.29, 0.717) is 24.0 Å². The molecule has 2 aromatic rings. The molecule has 6 heteroatoms. The molecule has 1 saturated carbocycles. The maximum absolute atomic E-state index is 12.2. The molecule has 0 heterocycles. The number of benzene rings is 2. The van der Waals surface area contributed by atoms with E-state index >= 15 is 0 Å². The molecule has 0 N–H and O–H groups in total. The van der Waals surface area contributed by atoms with E-state index in [2.05, 4.69) is 0 Å². The molecule has 6 nitrogen and oxygen atoms in total. The molecular weight excluding hydrogens is 360 g/mol. The largest absolute Gasteiger partial charge is 0.373 e. The SMILES string of the molecule is Cc1cccc(C(=O)OOC2CCCCC2OOC(=O)c2cccc(C)c2)c1. The highest BCUT2D eigenvalue weighted by Crippen LogP contribution is 2.25. The Morgan fingerprint density at radius 3 is 1.57 bits per heavy atom. The fourth-order valence-corrected chi connectivity index (χ4v) is 3.13. The molecule has 2 unspecified atom stereocenters. The first-order valence-electron chi connectivity index (χ1n) is 9.41. The summed E-state index contributed by atoms with van der Waals surface area (Å²) < 4.78 is 0. The van der Waals surface area contributed by atoms with Gasteiger partial charge in [0.05, 0.1) is 11.1 Å². The molecule has 1 fully saturated rings. The Bertz CT molecular complexity index is 762. The van der Waals surface area contributed by atoms with Crippen LogP contribution < -0.4 is 0 Å². The second kappa shape index (κ2) is 9.48. The summed E-state index contributed by atoms with van der Waals surface area (Å²) in [5.74, 6) is -1.13. The van der Waals surface area contributed by atoms with Crippen molar-refractivity contribution in [2.75, 3.05) is 0 Å². The van der Waals surface area contributed by atoms with Gasteiger partial charge in [-0.3, -0.25) is 9.78 Å². The van der Waals surface area contributed by atoms with E-state index < -0.39 is 24.1 Å². The van der Waals surface area contributed by atoms with Gasteiger partial charge in [-0.05, 0) is 51.0 Å². The van der Waals surface area contributed by atoms with Gasteiger partial charge in [0, 0.05) is 0 Å². The average molecular weight is 384 g/mol. The van der Waals surface area contributed by atoms with Crippen LogP contribution >= 0.6 is 0 Å². The summed E-state index contributed by atoms with van der Waals surface area (Å²) in [5, 5.41) is 0. The van der Waals surface area contributed by atoms with E-state index in [1.165, 1.54) is 0 Å². The van der Waals surface area contributed by atoms with E-state index in [0.717, 1.165) is 24.0 Å². The van der Waals surface area contributed by atoms with Crippen LogP contribution in [0.1, 0.15) is 57.5 Å². The van der Waals surface area contributed by atoms with Crippen LogP contribution in [-0.4, -0.2) is 24.1 Å². The molecule has 0 spiro atoms. The van der Waals surface area contributed by atoms with Crippen LogP contribution in [0.5, 0.6) is 0 Å². The minimum atomic E-state index is -0.565. The maximum Gasteiger partial charge on any atom is 0.373 e. The first-order chi connectivity index (χ1) is 13.5. The molecule has 0 bridgehead atoms. The number of carbonyl (C=O) groups excluding carboxylic acids is 2. The highest BCUT2D eigenvalue weighted by molar-refractivity contribution is 5.89. The van der Waals surface area contributed by atoms with E-state index in [1.54, 1.807) is 36.4 Å². The Hall–Kier alpha value is -2.70. The molecule has 2 aromatic carbocycles. The van der Waals surface area contributed by atoms with Gasteiger partial charge in [0.1, 0.15) is 12.2 Å². The van der Waals surface area contributed by atoms with Crippen LogP contribution in [0.2, 0.25) is 0 Å². The summed E-state index contributed by atoms with van der Waals surface area (Å²) in [6, 6.07) is 14.1. The highest BCUT2D eigenvalue weighted by atomic mass is 17.2. The minimum absolute atomic E-state index is 0.416. The molecule has 3 rings (SSSR count). The van der Waals surface area contributed by atoms with E-state index in [9.17, 15) is 9.59 Å². The number of rotatable bonds is 6. The maximum atomic E-state index is 12.2. The Morgan fingerprint density at radius 1 is 0.750 bits per heavy atom. The van der Waals surface area contributed by atoms with E-state index in [4.69, 9.17) is 19.6 Å². The third-order valence-corrected chi connectivity index (χ3v) is 4.64. The monoisotopic (exact) mass is 384 g/mol. The Kier molecular flexibility index (Phi) is 6.79. The van der Waals surface area contributed by atoms with E-state index in [1.807, 2.05) is 26.0 Å². The van der Waals surface area contributed by atoms with Gasteiger partial charge < -0.3 is 0 Å². The number of hydrogen-bond acceptors (Lipinski definition) is 6. The van der Waals surface area contributed by atoms with Gasteiger partial charge in [-0.2, -0.15) is 9.78 Å². The number of hydrogen-bond donors (Lipinski definition) is 0. The highest BCUT2D eigenvalue weighted by Gasteiger charge is 2.31. The lowest BCUT2D eigenvalue weighted by Crippen LogP contribution is -2.36. The molecule has 0 radical (unpaired) electrons. The molecule has 2 atom stereocenters. The smallest absolute Gasteiger partial charge is 0.292 e. The van der Waals surface area contributed by atoms with Gasteiger partial charge in [0.2, 0.25) is 0 Å². The van der Waals surface area contributed by atoms with Crippen LogP contribution in [0.3, 0.4) is 0 Å². The Balaban J connectivity index is 1.53. The van der Waals surface area contributed by atoms with E-state index in [-0.39, 0.29) is 0 Å². The van der Waals surface area contributed by atoms with Crippen molar-refractivity contribution in [1.82, 2.24) is 0 Å². The molecule has 148 valence electrons. The van der Waals surface area contributed by atoms with Gasteiger partial charge in [0.15, 0.2) is 0 Å². The van der Waals surface area contributed by atoms with Crippen molar-refractivity contribution >= 4 is 11.9 Å². The van der Waals surface area contributed by atoms with Crippen molar-refractivity contribution in [2.45, 2.75) is 51.7 Å². The van der Waals surface area contributed by atoms with Crippen molar-refractivity contribution in [3.63, 3.8) is 0 Å². The lowest BCUT2D eigenvalue weighted by Gasteiger charge is -2.28. The van der Waals surface area contributed by atoms with Crippen LogP contribution in [0.15, 0.2) is 48.5 Å². The second-order valence-electron chi connectivity index (χ2n) is 7.03. The summed E-state index contributed by atoms with van der Waals surface area (Å²) >= 11 is 0. The number of carbonyl (C=O) groups is 2.